The Morgan fingerprint density at radius 3 is 2.74 bits per heavy atom. The van der Waals surface area contributed by atoms with Crippen LogP contribution in [0.4, 0.5) is 0 Å². The van der Waals surface area contributed by atoms with Gasteiger partial charge in [-0.15, -0.1) is 0 Å². The Kier molecular flexibility index (Phi) is 3.62. The van der Waals surface area contributed by atoms with Crippen LogP contribution >= 0.6 is 0 Å². The van der Waals surface area contributed by atoms with E-state index in [0.717, 1.165) is 23.5 Å². The maximum atomic E-state index is 10.3. The molecule has 0 aromatic heterocycles. The third-order valence-corrected chi connectivity index (χ3v) is 3.79. The van der Waals surface area contributed by atoms with Crippen LogP contribution in [0.1, 0.15) is 30.9 Å². The van der Waals surface area contributed by atoms with Gasteiger partial charge in [0.25, 0.3) is 0 Å². The summed E-state index contributed by atoms with van der Waals surface area (Å²) in [6, 6.07) is 6.40. The van der Waals surface area contributed by atoms with E-state index in [1.54, 1.807) is 0 Å². The van der Waals surface area contributed by atoms with Gasteiger partial charge in [-0.05, 0) is 37.6 Å². The zero-order valence-electron chi connectivity index (χ0n) is 11.3. The van der Waals surface area contributed by atoms with Crippen LogP contribution < -0.4 is 9.47 Å². The number of ether oxygens (including phenoxy) is 2. The van der Waals surface area contributed by atoms with E-state index in [1.165, 1.54) is 12.8 Å². The van der Waals surface area contributed by atoms with Crippen LogP contribution in [0.25, 0.3) is 0 Å². The molecule has 1 N–H and O–H groups in total. The van der Waals surface area contributed by atoms with E-state index >= 15 is 0 Å². The van der Waals surface area contributed by atoms with E-state index in [2.05, 4.69) is 11.9 Å². The second kappa shape index (κ2) is 5.39. The van der Waals surface area contributed by atoms with Gasteiger partial charge >= 0.3 is 0 Å². The van der Waals surface area contributed by atoms with Crippen molar-refractivity contribution in [2.75, 3.05) is 26.8 Å². The predicted molar refractivity (Wildman–Crippen MR) is 72.7 cm³/mol. The highest BCUT2D eigenvalue weighted by atomic mass is 16.5. The first-order valence-corrected chi connectivity index (χ1v) is 7.02. The minimum absolute atomic E-state index is 0.470. The third kappa shape index (κ3) is 3.01. The van der Waals surface area contributed by atoms with Gasteiger partial charge in [-0.3, -0.25) is 0 Å². The summed E-state index contributed by atoms with van der Waals surface area (Å²) in [5.74, 6) is 1.53. The summed E-state index contributed by atoms with van der Waals surface area (Å²) < 4.78 is 11.2. The average Bonchev–Trinajstić information content (AvgIpc) is 3.24. The van der Waals surface area contributed by atoms with Gasteiger partial charge in [0.15, 0.2) is 11.5 Å². The first-order valence-electron chi connectivity index (χ1n) is 7.02. The lowest BCUT2D eigenvalue weighted by Gasteiger charge is -2.21. The van der Waals surface area contributed by atoms with Crippen LogP contribution in [0.15, 0.2) is 18.2 Å². The van der Waals surface area contributed by atoms with Crippen molar-refractivity contribution in [3.8, 4) is 11.5 Å². The van der Waals surface area contributed by atoms with E-state index in [9.17, 15) is 5.11 Å². The van der Waals surface area contributed by atoms with E-state index < -0.39 is 6.10 Å². The van der Waals surface area contributed by atoms with Gasteiger partial charge < -0.3 is 19.5 Å². The Labute approximate surface area is 113 Å². The van der Waals surface area contributed by atoms with Gasteiger partial charge in [0, 0.05) is 19.0 Å². The highest BCUT2D eigenvalue weighted by Gasteiger charge is 2.27. The van der Waals surface area contributed by atoms with Gasteiger partial charge in [-0.25, -0.2) is 0 Å². The molecule has 19 heavy (non-hydrogen) atoms. The van der Waals surface area contributed by atoms with Crippen molar-refractivity contribution in [1.29, 1.82) is 0 Å². The van der Waals surface area contributed by atoms with Crippen molar-refractivity contribution in [3.63, 3.8) is 0 Å². The molecule has 3 rings (SSSR count). The van der Waals surface area contributed by atoms with Gasteiger partial charge in [0.2, 0.25) is 0 Å². The molecule has 4 heteroatoms. The minimum atomic E-state index is -0.470. The number of hydrogen-bond acceptors (Lipinski definition) is 4. The monoisotopic (exact) mass is 263 g/mol. The maximum Gasteiger partial charge on any atom is 0.161 e. The molecule has 4 nitrogen and oxygen atoms in total. The van der Waals surface area contributed by atoms with Crippen LogP contribution in [0.2, 0.25) is 0 Å². The summed E-state index contributed by atoms with van der Waals surface area (Å²) in [4.78, 5) is 2.23. The Morgan fingerprint density at radius 2 is 2.00 bits per heavy atom. The van der Waals surface area contributed by atoms with E-state index in [1.807, 2.05) is 18.2 Å². The number of likely N-dealkylation sites (N-methyl/N-ethyl adjacent to an activating group) is 1. The molecule has 1 fully saturated rings. The summed E-state index contributed by atoms with van der Waals surface area (Å²) in [5.41, 5.74) is 0.900. The minimum Gasteiger partial charge on any atom is -0.490 e. The fraction of sp³-hybridized carbons (Fsp3) is 0.600. The number of nitrogens with zero attached hydrogens (tertiary/aromatic N) is 1. The van der Waals surface area contributed by atoms with Crippen molar-refractivity contribution < 1.29 is 14.6 Å². The lowest BCUT2D eigenvalue weighted by atomic mass is 10.1. The molecular weight excluding hydrogens is 242 g/mol. The molecule has 0 spiro atoms. The van der Waals surface area contributed by atoms with Crippen molar-refractivity contribution >= 4 is 0 Å². The largest absolute Gasteiger partial charge is 0.490 e. The Hall–Kier alpha value is -1.26. The molecule has 1 aromatic carbocycles. The number of rotatable bonds is 4. The van der Waals surface area contributed by atoms with Crippen LogP contribution in [-0.4, -0.2) is 42.9 Å². The lowest BCUT2D eigenvalue weighted by Crippen LogP contribution is -2.26. The summed E-state index contributed by atoms with van der Waals surface area (Å²) in [7, 11) is 2.07. The molecule has 1 heterocycles. The quantitative estimate of drug-likeness (QED) is 0.902. The fourth-order valence-electron chi connectivity index (χ4n) is 2.43. The normalized spacial score (nSPS) is 20.2. The van der Waals surface area contributed by atoms with Crippen LogP contribution in [-0.2, 0) is 0 Å². The molecular formula is C15H21NO3. The SMILES string of the molecule is CN(CC(O)c1ccc2c(c1)OCCCO2)C1CC1. The van der Waals surface area contributed by atoms with Crippen molar-refractivity contribution in [2.24, 2.45) is 0 Å². The summed E-state index contributed by atoms with van der Waals surface area (Å²) in [5, 5.41) is 10.3. The standard InChI is InChI=1S/C15H21NO3/c1-16(12-4-5-12)10-13(17)11-3-6-14-15(9-11)19-8-2-7-18-14/h3,6,9,12-13,17H,2,4-5,7-8,10H2,1H3. The zero-order valence-corrected chi connectivity index (χ0v) is 11.3. The lowest BCUT2D eigenvalue weighted by molar-refractivity contribution is 0.123. The number of benzene rings is 1. The van der Waals surface area contributed by atoms with Gasteiger partial charge in [0.05, 0.1) is 19.3 Å². The van der Waals surface area contributed by atoms with Crippen molar-refractivity contribution in [1.82, 2.24) is 4.90 Å². The third-order valence-electron chi connectivity index (χ3n) is 3.79. The molecule has 0 saturated heterocycles. The maximum absolute atomic E-state index is 10.3. The van der Waals surface area contributed by atoms with E-state index in [0.29, 0.717) is 25.8 Å². The number of aliphatic hydroxyl groups excluding tert-OH is 1. The molecule has 2 aliphatic rings. The summed E-state index contributed by atoms with van der Waals surface area (Å²) in [6.45, 7) is 2.04. The Balaban J connectivity index is 1.71. The van der Waals surface area contributed by atoms with Crippen LogP contribution in [0.3, 0.4) is 0 Å². The van der Waals surface area contributed by atoms with Gasteiger partial charge in [-0.2, -0.15) is 0 Å². The van der Waals surface area contributed by atoms with E-state index in [4.69, 9.17) is 9.47 Å². The molecule has 0 amide bonds. The number of hydrogen-bond donors (Lipinski definition) is 1. The van der Waals surface area contributed by atoms with E-state index in [-0.39, 0.29) is 0 Å². The fourth-order valence-corrected chi connectivity index (χ4v) is 2.43. The Bertz CT molecular complexity index is 445. The smallest absolute Gasteiger partial charge is 0.161 e. The van der Waals surface area contributed by atoms with Crippen LogP contribution in [0, 0.1) is 0 Å². The Morgan fingerprint density at radius 1 is 1.26 bits per heavy atom. The molecule has 1 saturated carbocycles. The summed E-state index contributed by atoms with van der Waals surface area (Å²) >= 11 is 0. The molecule has 1 aliphatic heterocycles. The molecule has 0 bridgehead atoms. The molecule has 1 unspecified atom stereocenters. The topological polar surface area (TPSA) is 41.9 Å². The molecule has 104 valence electrons. The molecule has 0 radical (unpaired) electrons. The molecule has 1 aromatic rings. The average molecular weight is 263 g/mol. The second-order valence-electron chi connectivity index (χ2n) is 5.44. The van der Waals surface area contributed by atoms with Crippen molar-refractivity contribution in [2.45, 2.75) is 31.4 Å². The molecule has 1 atom stereocenters. The first-order chi connectivity index (χ1) is 9.24. The first kappa shape index (κ1) is 12.8. The highest BCUT2D eigenvalue weighted by Crippen LogP contribution is 2.33. The van der Waals surface area contributed by atoms with Crippen molar-refractivity contribution in [3.05, 3.63) is 23.8 Å². The summed E-state index contributed by atoms with van der Waals surface area (Å²) in [6.07, 6.45) is 2.94. The predicted octanol–water partition coefficient (Wildman–Crippen LogP) is 1.98. The number of aliphatic hydroxyl groups is 1. The number of fused-ring (bicyclic) bond motifs is 1. The molecule has 1 aliphatic carbocycles. The zero-order chi connectivity index (χ0) is 13.2. The van der Waals surface area contributed by atoms with Crippen LogP contribution in [0.5, 0.6) is 11.5 Å². The highest BCUT2D eigenvalue weighted by molar-refractivity contribution is 5.44. The second-order valence-corrected chi connectivity index (χ2v) is 5.44. The van der Waals surface area contributed by atoms with Gasteiger partial charge in [-0.1, -0.05) is 6.07 Å². The van der Waals surface area contributed by atoms with Gasteiger partial charge in [0.1, 0.15) is 0 Å².